The van der Waals surface area contributed by atoms with Crippen LogP contribution in [0.5, 0.6) is 5.75 Å². The third kappa shape index (κ3) is 4.11. The lowest BCUT2D eigenvalue weighted by molar-refractivity contribution is -0.140. The topological polar surface area (TPSA) is 44.1 Å². The second-order valence-electron chi connectivity index (χ2n) is 5.65. The van der Waals surface area contributed by atoms with Gasteiger partial charge < -0.3 is 9.30 Å². The van der Waals surface area contributed by atoms with Crippen LogP contribution in [0.4, 0.5) is 13.2 Å². The van der Waals surface area contributed by atoms with Gasteiger partial charge in [0.1, 0.15) is 18.1 Å². The van der Waals surface area contributed by atoms with Crippen LogP contribution < -0.4 is 4.74 Å². The maximum Gasteiger partial charge on any atom is 0.406 e. The molecule has 3 rings (SSSR count). The number of halogens is 3. The summed E-state index contributed by atoms with van der Waals surface area (Å²) < 4.78 is 43.6. The lowest BCUT2D eigenvalue weighted by atomic mass is 10.0. The molecule has 0 spiro atoms. The average Bonchev–Trinajstić information content (AvgIpc) is 3.03. The summed E-state index contributed by atoms with van der Waals surface area (Å²) in [5, 5.41) is 1.79. The monoisotopic (exact) mass is 360 g/mol. The van der Waals surface area contributed by atoms with Crippen molar-refractivity contribution >= 4 is 22.6 Å². The van der Waals surface area contributed by atoms with Gasteiger partial charge in [-0.1, -0.05) is 18.2 Å². The van der Waals surface area contributed by atoms with Crippen LogP contribution in [0.3, 0.4) is 0 Å². The SMILES string of the molecule is COc1ccc2cc(C(=O)/C=C/c3nccn3CC(F)(F)F)ccc2c1. The van der Waals surface area contributed by atoms with Gasteiger partial charge in [-0.15, -0.1) is 0 Å². The zero-order valence-corrected chi connectivity index (χ0v) is 13.8. The van der Waals surface area contributed by atoms with Gasteiger partial charge in [-0.25, -0.2) is 4.98 Å². The Morgan fingerprint density at radius 3 is 2.65 bits per heavy atom. The van der Waals surface area contributed by atoms with E-state index in [1.807, 2.05) is 12.1 Å². The summed E-state index contributed by atoms with van der Waals surface area (Å²) >= 11 is 0. The molecule has 0 atom stereocenters. The number of alkyl halides is 3. The molecule has 2 aromatic carbocycles. The lowest BCUT2D eigenvalue weighted by Gasteiger charge is -2.08. The molecule has 0 fully saturated rings. The first-order chi connectivity index (χ1) is 12.4. The largest absolute Gasteiger partial charge is 0.497 e. The number of fused-ring (bicyclic) bond motifs is 1. The predicted molar refractivity (Wildman–Crippen MR) is 92.1 cm³/mol. The van der Waals surface area contributed by atoms with Gasteiger partial charge in [0, 0.05) is 18.0 Å². The van der Waals surface area contributed by atoms with Crippen LogP contribution in [0, 0.1) is 0 Å². The van der Waals surface area contributed by atoms with Crippen molar-refractivity contribution in [2.24, 2.45) is 0 Å². The number of ether oxygens (including phenoxy) is 1. The minimum Gasteiger partial charge on any atom is -0.497 e. The first-order valence-corrected chi connectivity index (χ1v) is 7.74. The Bertz CT molecular complexity index is 974. The first-order valence-electron chi connectivity index (χ1n) is 7.74. The van der Waals surface area contributed by atoms with Gasteiger partial charge in [0.2, 0.25) is 0 Å². The number of carbonyl (C=O) groups is 1. The van der Waals surface area contributed by atoms with E-state index >= 15 is 0 Å². The van der Waals surface area contributed by atoms with Gasteiger partial charge in [-0.2, -0.15) is 13.2 Å². The highest BCUT2D eigenvalue weighted by Crippen LogP contribution is 2.22. The molecule has 0 aliphatic carbocycles. The molecule has 4 nitrogen and oxygen atoms in total. The fourth-order valence-electron chi connectivity index (χ4n) is 2.56. The molecule has 0 bridgehead atoms. The van der Waals surface area contributed by atoms with Crippen LogP contribution in [-0.4, -0.2) is 28.6 Å². The van der Waals surface area contributed by atoms with Crippen molar-refractivity contribution in [2.45, 2.75) is 12.7 Å². The van der Waals surface area contributed by atoms with E-state index in [1.54, 1.807) is 31.4 Å². The Labute approximate surface area is 147 Å². The number of ketones is 1. The maximum atomic E-state index is 12.5. The maximum absolute atomic E-state index is 12.5. The summed E-state index contributed by atoms with van der Waals surface area (Å²) in [5.74, 6) is 0.471. The third-order valence-electron chi connectivity index (χ3n) is 3.81. The second-order valence-corrected chi connectivity index (χ2v) is 5.65. The van der Waals surface area contributed by atoms with Gasteiger partial charge >= 0.3 is 6.18 Å². The molecular weight excluding hydrogens is 345 g/mol. The molecule has 1 aromatic heterocycles. The van der Waals surface area contributed by atoms with E-state index in [4.69, 9.17) is 4.74 Å². The molecule has 0 aliphatic rings. The first kappa shape index (κ1) is 17.7. The van der Waals surface area contributed by atoms with Crippen molar-refractivity contribution in [1.82, 2.24) is 9.55 Å². The van der Waals surface area contributed by atoms with Crippen molar-refractivity contribution in [3.05, 3.63) is 66.3 Å². The number of hydrogen-bond acceptors (Lipinski definition) is 3. The number of benzene rings is 2. The molecule has 134 valence electrons. The molecule has 0 saturated heterocycles. The number of allylic oxidation sites excluding steroid dienone is 1. The summed E-state index contributed by atoms with van der Waals surface area (Å²) in [6, 6.07) is 10.7. The van der Waals surface area contributed by atoms with Crippen molar-refractivity contribution in [3.8, 4) is 5.75 Å². The number of nitrogens with zero attached hydrogens (tertiary/aromatic N) is 2. The van der Waals surface area contributed by atoms with Gasteiger partial charge in [0.25, 0.3) is 0 Å². The third-order valence-corrected chi connectivity index (χ3v) is 3.81. The molecule has 0 saturated carbocycles. The molecule has 0 amide bonds. The Morgan fingerprint density at radius 2 is 1.92 bits per heavy atom. The summed E-state index contributed by atoms with van der Waals surface area (Å²) in [5.41, 5.74) is 0.438. The van der Waals surface area contributed by atoms with Gasteiger partial charge in [0.15, 0.2) is 5.78 Å². The van der Waals surface area contributed by atoms with E-state index in [1.165, 1.54) is 24.5 Å². The number of hydrogen-bond donors (Lipinski definition) is 0. The number of carbonyl (C=O) groups excluding carboxylic acids is 1. The molecule has 0 N–H and O–H groups in total. The van der Waals surface area contributed by atoms with Crippen LogP contribution in [0.2, 0.25) is 0 Å². The smallest absolute Gasteiger partial charge is 0.406 e. The van der Waals surface area contributed by atoms with Crippen molar-refractivity contribution in [1.29, 1.82) is 0 Å². The summed E-state index contributed by atoms with van der Waals surface area (Å²) in [4.78, 5) is 16.2. The van der Waals surface area contributed by atoms with Crippen LogP contribution in [0.1, 0.15) is 16.2 Å². The molecular formula is C19H15F3N2O2. The predicted octanol–water partition coefficient (Wildman–Crippen LogP) is 4.50. The van der Waals surface area contributed by atoms with E-state index in [9.17, 15) is 18.0 Å². The number of aromatic nitrogens is 2. The van der Waals surface area contributed by atoms with Crippen molar-refractivity contribution < 1.29 is 22.7 Å². The molecule has 1 heterocycles. The summed E-state index contributed by atoms with van der Waals surface area (Å²) in [6.07, 6.45) is 0.638. The number of rotatable bonds is 5. The highest BCUT2D eigenvalue weighted by atomic mass is 19.4. The zero-order valence-electron chi connectivity index (χ0n) is 13.8. The number of imidazole rings is 1. The molecule has 7 heteroatoms. The van der Waals surface area contributed by atoms with E-state index < -0.39 is 12.7 Å². The average molecular weight is 360 g/mol. The fourth-order valence-corrected chi connectivity index (χ4v) is 2.56. The van der Waals surface area contributed by atoms with Crippen LogP contribution in [-0.2, 0) is 6.54 Å². The van der Waals surface area contributed by atoms with E-state index in [0.29, 0.717) is 11.3 Å². The van der Waals surface area contributed by atoms with Gasteiger partial charge in [-0.05, 0) is 41.1 Å². The zero-order chi connectivity index (χ0) is 18.7. The van der Waals surface area contributed by atoms with Crippen molar-refractivity contribution in [3.63, 3.8) is 0 Å². The minimum absolute atomic E-state index is 0.0706. The van der Waals surface area contributed by atoms with Crippen LogP contribution in [0.15, 0.2) is 54.9 Å². The van der Waals surface area contributed by atoms with E-state index in [0.717, 1.165) is 15.3 Å². The van der Waals surface area contributed by atoms with E-state index in [2.05, 4.69) is 4.98 Å². The standard InChI is InChI=1S/C19H15F3N2O2/c1-26-16-5-4-13-10-15(3-2-14(13)11-16)17(25)6-7-18-23-8-9-24(18)12-19(20,21)22/h2-11H,12H2,1H3/b7-6+. The number of methoxy groups -OCH3 is 1. The second kappa shape index (κ2) is 7.03. The Balaban J connectivity index is 1.81. The molecule has 3 aromatic rings. The Kier molecular flexibility index (Phi) is 4.79. The van der Waals surface area contributed by atoms with Crippen LogP contribution in [0.25, 0.3) is 16.8 Å². The highest BCUT2D eigenvalue weighted by molar-refractivity contribution is 6.08. The van der Waals surface area contributed by atoms with Gasteiger partial charge in [-0.3, -0.25) is 4.79 Å². The summed E-state index contributed by atoms with van der Waals surface area (Å²) in [7, 11) is 1.58. The molecule has 0 aliphatic heterocycles. The van der Waals surface area contributed by atoms with Crippen molar-refractivity contribution in [2.75, 3.05) is 7.11 Å². The minimum atomic E-state index is -4.35. The Hall–Kier alpha value is -3.09. The fraction of sp³-hybridized carbons (Fsp3) is 0.158. The molecule has 0 unspecified atom stereocenters. The summed E-state index contributed by atoms with van der Waals surface area (Å²) in [6.45, 7) is -1.15. The molecule has 0 radical (unpaired) electrons. The lowest BCUT2D eigenvalue weighted by Crippen LogP contribution is -2.18. The Morgan fingerprint density at radius 1 is 1.19 bits per heavy atom. The van der Waals surface area contributed by atoms with E-state index in [-0.39, 0.29) is 11.6 Å². The molecule has 26 heavy (non-hydrogen) atoms. The van der Waals surface area contributed by atoms with Crippen LogP contribution >= 0.6 is 0 Å². The quantitative estimate of drug-likeness (QED) is 0.497. The van der Waals surface area contributed by atoms with Gasteiger partial charge in [0.05, 0.1) is 7.11 Å². The highest BCUT2D eigenvalue weighted by Gasteiger charge is 2.28. The normalized spacial score (nSPS) is 12.0.